The summed E-state index contributed by atoms with van der Waals surface area (Å²) in [5.74, 6) is 1.50. The number of hydrogen-bond acceptors (Lipinski definition) is 5. The first kappa shape index (κ1) is 12.5. The zero-order chi connectivity index (χ0) is 11.3. The smallest absolute Gasteiger partial charge is 0.188 e. The zero-order valence-corrected chi connectivity index (χ0v) is 10.6. The minimum absolute atomic E-state index is 0.361. The fourth-order valence-corrected chi connectivity index (χ4v) is 2.29. The molecule has 1 heterocycles. The maximum atomic E-state index is 5.87. The van der Waals surface area contributed by atoms with Gasteiger partial charge in [-0.3, -0.25) is 0 Å². The molecule has 0 aliphatic carbocycles. The monoisotopic (exact) mass is 247 g/mol. The van der Waals surface area contributed by atoms with Crippen LogP contribution in [0.3, 0.4) is 0 Å². The van der Waals surface area contributed by atoms with Gasteiger partial charge in [0.15, 0.2) is 10.9 Å². The van der Waals surface area contributed by atoms with Gasteiger partial charge in [0.2, 0.25) is 0 Å². The summed E-state index contributed by atoms with van der Waals surface area (Å²) in [6.07, 6.45) is 1.45. The molecule has 0 radical (unpaired) electrons. The van der Waals surface area contributed by atoms with Gasteiger partial charge in [0.05, 0.1) is 7.11 Å². The number of hydrogen-bond donors (Lipinski definition) is 0. The normalized spacial score (nSPS) is 10.7. The molecule has 0 N–H and O–H groups in total. The molecule has 0 unspecified atom stereocenters. The van der Waals surface area contributed by atoms with Gasteiger partial charge < -0.3 is 9.64 Å². The summed E-state index contributed by atoms with van der Waals surface area (Å²) in [6.45, 7) is 0.982. The SMILES string of the molecule is COc1c(Cl)ncnc1SCCN(C)C. The molecule has 0 saturated carbocycles. The van der Waals surface area contributed by atoms with Crippen molar-refractivity contribution in [2.45, 2.75) is 5.03 Å². The Hall–Kier alpha value is -0.520. The number of ether oxygens (including phenoxy) is 1. The predicted molar refractivity (Wildman–Crippen MR) is 62.9 cm³/mol. The van der Waals surface area contributed by atoms with E-state index in [4.69, 9.17) is 16.3 Å². The molecule has 0 saturated heterocycles. The molecule has 0 fully saturated rings. The first-order valence-electron chi connectivity index (χ1n) is 4.47. The van der Waals surface area contributed by atoms with Gasteiger partial charge in [-0.25, -0.2) is 9.97 Å². The molecule has 4 nitrogen and oxygen atoms in total. The summed E-state index contributed by atoms with van der Waals surface area (Å²) in [7, 11) is 5.63. The van der Waals surface area contributed by atoms with Crippen molar-refractivity contribution >= 4 is 23.4 Å². The van der Waals surface area contributed by atoms with Crippen molar-refractivity contribution in [1.82, 2.24) is 14.9 Å². The average Bonchev–Trinajstić information content (AvgIpc) is 2.17. The van der Waals surface area contributed by atoms with E-state index in [2.05, 4.69) is 14.9 Å². The maximum absolute atomic E-state index is 5.87. The molecule has 1 aromatic rings. The van der Waals surface area contributed by atoms with Crippen LogP contribution in [0.2, 0.25) is 5.15 Å². The van der Waals surface area contributed by atoms with Crippen LogP contribution in [-0.2, 0) is 0 Å². The summed E-state index contributed by atoms with van der Waals surface area (Å²) in [5.41, 5.74) is 0. The van der Waals surface area contributed by atoms with Crippen LogP contribution in [0.25, 0.3) is 0 Å². The fraction of sp³-hybridized carbons (Fsp3) is 0.556. The highest BCUT2D eigenvalue weighted by atomic mass is 35.5. The Labute approximate surface area is 99.0 Å². The average molecular weight is 248 g/mol. The Morgan fingerprint density at radius 2 is 2.20 bits per heavy atom. The molecular formula is C9H14ClN3OS. The Balaban J connectivity index is 2.64. The number of halogens is 1. The summed E-state index contributed by atoms with van der Waals surface area (Å²) >= 11 is 7.48. The van der Waals surface area contributed by atoms with Crippen LogP contribution in [0.5, 0.6) is 5.75 Å². The Bertz CT molecular complexity index is 322. The quantitative estimate of drug-likeness (QED) is 0.586. The molecule has 0 aliphatic heterocycles. The number of methoxy groups -OCH3 is 1. The molecule has 84 valence electrons. The van der Waals surface area contributed by atoms with Crippen LogP contribution in [0.4, 0.5) is 0 Å². The second kappa shape index (κ2) is 6.15. The third-order valence-electron chi connectivity index (χ3n) is 1.71. The van der Waals surface area contributed by atoms with Gasteiger partial charge in [-0.1, -0.05) is 11.6 Å². The minimum atomic E-state index is 0.361. The van der Waals surface area contributed by atoms with E-state index in [1.54, 1.807) is 18.9 Å². The van der Waals surface area contributed by atoms with Crippen molar-refractivity contribution in [3.05, 3.63) is 11.5 Å². The van der Waals surface area contributed by atoms with Crippen LogP contribution < -0.4 is 4.74 Å². The van der Waals surface area contributed by atoms with Gasteiger partial charge in [0.25, 0.3) is 0 Å². The fourth-order valence-electron chi connectivity index (χ4n) is 0.937. The molecule has 1 aromatic heterocycles. The molecular weight excluding hydrogens is 234 g/mol. The molecule has 1 rings (SSSR count). The first-order valence-corrected chi connectivity index (χ1v) is 5.83. The Morgan fingerprint density at radius 3 is 2.80 bits per heavy atom. The summed E-state index contributed by atoms with van der Waals surface area (Å²) in [4.78, 5) is 10.1. The van der Waals surface area contributed by atoms with Crippen molar-refractivity contribution in [2.75, 3.05) is 33.5 Å². The van der Waals surface area contributed by atoms with Gasteiger partial charge in [0.1, 0.15) is 11.4 Å². The van der Waals surface area contributed by atoms with Crippen LogP contribution in [0.15, 0.2) is 11.4 Å². The molecule has 6 heteroatoms. The lowest BCUT2D eigenvalue weighted by Crippen LogP contribution is -2.14. The van der Waals surface area contributed by atoms with Crippen LogP contribution >= 0.6 is 23.4 Å². The lowest BCUT2D eigenvalue weighted by molar-refractivity contribution is 0.398. The number of aromatic nitrogens is 2. The third-order valence-corrected chi connectivity index (χ3v) is 2.93. The summed E-state index contributed by atoms with van der Waals surface area (Å²) in [6, 6.07) is 0. The predicted octanol–water partition coefficient (Wildman–Crippen LogP) is 1.79. The van der Waals surface area contributed by atoms with Gasteiger partial charge in [-0.15, -0.1) is 11.8 Å². The second-order valence-electron chi connectivity index (χ2n) is 3.15. The highest BCUT2D eigenvalue weighted by Gasteiger charge is 2.10. The van der Waals surface area contributed by atoms with E-state index in [9.17, 15) is 0 Å². The van der Waals surface area contributed by atoms with Crippen molar-refractivity contribution in [3.8, 4) is 5.75 Å². The molecule has 0 spiro atoms. The molecule has 0 aromatic carbocycles. The molecule has 0 amide bonds. The number of thioether (sulfide) groups is 1. The van der Waals surface area contributed by atoms with Crippen molar-refractivity contribution in [3.63, 3.8) is 0 Å². The Kier molecular flexibility index (Phi) is 5.14. The first-order chi connectivity index (χ1) is 7.15. The van der Waals surface area contributed by atoms with E-state index in [0.717, 1.165) is 17.3 Å². The van der Waals surface area contributed by atoms with Crippen LogP contribution in [-0.4, -0.2) is 48.4 Å². The highest BCUT2D eigenvalue weighted by Crippen LogP contribution is 2.31. The molecule has 0 atom stereocenters. The van der Waals surface area contributed by atoms with Crippen molar-refractivity contribution in [1.29, 1.82) is 0 Å². The lowest BCUT2D eigenvalue weighted by atomic mass is 10.6. The lowest BCUT2D eigenvalue weighted by Gasteiger charge is -2.10. The number of nitrogens with zero attached hydrogens (tertiary/aromatic N) is 3. The largest absolute Gasteiger partial charge is 0.491 e. The number of rotatable bonds is 5. The molecule has 0 aliphatic rings. The second-order valence-corrected chi connectivity index (χ2v) is 4.60. The summed E-state index contributed by atoms with van der Waals surface area (Å²) < 4.78 is 5.14. The van der Waals surface area contributed by atoms with Crippen molar-refractivity contribution in [2.24, 2.45) is 0 Å². The standard InChI is InChI=1S/C9H14ClN3OS/c1-13(2)4-5-15-9-7(14-3)8(10)11-6-12-9/h6H,4-5H2,1-3H3. The van der Waals surface area contributed by atoms with Gasteiger partial charge in [0, 0.05) is 12.3 Å². The molecule has 0 bridgehead atoms. The van der Waals surface area contributed by atoms with Crippen LogP contribution in [0, 0.1) is 0 Å². The van der Waals surface area contributed by atoms with E-state index in [0.29, 0.717) is 10.9 Å². The van der Waals surface area contributed by atoms with E-state index in [1.165, 1.54) is 6.33 Å². The van der Waals surface area contributed by atoms with E-state index < -0.39 is 0 Å². The highest BCUT2D eigenvalue weighted by molar-refractivity contribution is 7.99. The third kappa shape index (κ3) is 3.85. The van der Waals surface area contributed by atoms with Gasteiger partial charge in [-0.05, 0) is 14.1 Å². The Morgan fingerprint density at radius 1 is 1.47 bits per heavy atom. The van der Waals surface area contributed by atoms with Crippen LogP contribution in [0.1, 0.15) is 0 Å². The zero-order valence-electron chi connectivity index (χ0n) is 9.03. The van der Waals surface area contributed by atoms with Gasteiger partial charge in [-0.2, -0.15) is 0 Å². The van der Waals surface area contributed by atoms with E-state index in [1.807, 2.05) is 14.1 Å². The topological polar surface area (TPSA) is 38.3 Å². The van der Waals surface area contributed by atoms with Gasteiger partial charge >= 0.3 is 0 Å². The van der Waals surface area contributed by atoms with Crippen molar-refractivity contribution < 1.29 is 4.74 Å². The molecule has 15 heavy (non-hydrogen) atoms. The van der Waals surface area contributed by atoms with E-state index in [-0.39, 0.29) is 0 Å². The maximum Gasteiger partial charge on any atom is 0.188 e. The van der Waals surface area contributed by atoms with E-state index >= 15 is 0 Å². The summed E-state index contributed by atoms with van der Waals surface area (Å²) in [5, 5.41) is 1.15. The minimum Gasteiger partial charge on any atom is -0.491 e.